The fourth-order valence-electron chi connectivity index (χ4n) is 1.75. The molecule has 4 heteroatoms. The van der Waals surface area contributed by atoms with E-state index in [4.69, 9.17) is 4.18 Å². The third-order valence-corrected chi connectivity index (χ3v) is 4.30. The quantitative estimate of drug-likeness (QED) is 0.413. The molecule has 0 aliphatic rings. The largest absolute Gasteiger partial charge is 0.297 e. The van der Waals surface area contributed by atoms with Crippen molar-refractivity contribution in [2.45, 2.75) is 50.5 Å². The predicted octanol–water partition coefficient (Wildman–Crippen LogP) is 3.84. The van der Waals surface area contributed by atoms with Gasteiger partial charge in [0.15, 0.2) is 0 Å². The summed E-state index contributed by atoms with van der Waals surface area (Å²) in [6, 6.07) is 6.69. The third kappa shape index (κ3) is 5.57. The Morgan fingerprint density at radius 2 is 1.89 bits per heavy atom. The smallest absolute Gasteiger partial charge is 0.263 e. The standard InChI is InChI=1S/C15H22O3S/c1-4-5-6-7-8-14(3)18-19(16,17)15-11-9-13(2)10-12-15/h4,9-12,14H,1,5-8H2,2-3H3. The fourth-order valence-corrected chi connectivity index (χ4v) is 2.85. The number of unbranched alkanes of at least 4 members (excludes halogenated alkanes) is 2. The lowest BCUT2D eigenvalue weighted by molar-refractivity contribution is 0.214. The molecule has 1 aromatic carbocycles. The van der Waals surface area contributed by atoms with Gasteiger partial charge in [0.25, 0.3) is 10.1 Å². The summed E-state index contributed by atoms with van der Waals surface area (Å²) in [4.78, 5) is 0.219. The molecule has 0 fully saturated rings. The zero-order valence-corrected chi connectivity index (χ0v) is 12.4. The van der Waals surface area contributed by atoms with Gasteiger partial charge in [-0.2, -0.15) is 8.42 Å². The minimum absolute atomic E-state index is 0.219. The average Bonchev–Trinajstić information content (AvgIpc) is 2.34. The van der Waals surface area contributed by atoms with Crippen LogP contribution in [0.4, 0.5) is 0 Å². The van der Waals surface area contributed by atoms with Crippen LogP contribution < -0.4 is 0 Å². The number of hydrogen-bond donors (Lipinski definition) is 0. The van der Waals surface area contributed by atoms with E-state index in [-0.39, 0.29) is 11.0 Å². The molecule has 0 amide bonds. The summed E-state index contributed by atoms with van der Waals surface area (Å²) < 4.78 is 29.2. The normalized spacial score (nSPS) is 13.2. The molecule has 1 rings (SSSR count). The lowest BCUT2D eigenvalue weighted by Gasteiger charge is -2.12. The molecular formula is C15H22O3S. The Kier molecular flexibility index (Phi) is 6.25. The van der Waals surface area contributed by atoms with Crippen molar-refractivity contribution in [1.82, 2.24) is 0 Å². The first-order valence-corrected chi connectivity index (χ1v) is 7.97. The van der Waals surface area contributed by atoms with Crippen molar-refractivity contribution < 1.29 is 12.6 Å². The zero-order chi connectivity index (χ0) is 14.3. The van der Waals surface area contributed by atoms with Gasteiger partial charge in [0, 0.05) is 0 Å². The Morgan fingerprint density at radius 3 is 2.47 bits per heavy atom. The highest BCUT2D eigenvalue weighted by atomic mass is 32.2. The highest BCUT2D eigenvalue weighted by molar-refractivity contribution is 7.86. The Bertz CT molecular complexity index is 489. The Labute approximate surface area is 116 Å². The van der Waals surface area contributed by atoms with Crippen molar-refractivity contribution in [2.24, 2.45) is 0 Å². The minimum Gasteiger partial charge on any atom is -0.263 e. The minimum atomic E-state index is -3.64. The Hall–Kier alpha value is -1.13. The van der Waals surface area contributed by atoms with E-state index in [0.717, 1.165) is 31.2 Å². The fraction of sp³-hybridized carbons (Fsp3) is 0.467. The zero-order valence-electron chi connectivity index (χ0n) is 11.6. The Morgan fingerprint density at radius 1 is 1.26 bits per heavy atom. The molecule has 1 atom stereocenters. The highest BCUT2D eigenvalue weighted by Crippen LogP contribution is 2.17. The summed E-state index contributed by atoms with van der Waals surface area (Å²) in [5, 5.41) is 0. The maximum Gasteiger partial charge on any atom is 0.297 e. The van der Waals surface area contributed by atoms with Crippen LogP contribution in [-0.4, -0.2) is 14.5 Å². The van der Waals surface area contributed by atoms with Gasteiger partial charge in [0.2, 0.25) is 0 Å². The Balaban J connectivity index is 2.54. The SMILES string of the molecule is C=CCCCCC(C)OS(=O)(=O)c1ccc(C)cc1. The van der Waals surface area contributed by atoms with Gasteiger partial charge in [-0.05, 0) is 45.2 Å². The van der Waals surface area contributed by atoms with Crippen molar-refractivity contribution in [3.63, 3.8) is 0 Å². The predicted molar refractivity (Wildman–Crippen MR) is 77.6 cm³/mol. The molecule has 0 N–H and O–H groups in total. The van der Waals surface area contributed by atoms with E-state index in [1.165, 1.54) is 0 Å². The van der Waals surface area contributed by atoms with E-state index in [1.807, 2.05) is 13.0 Å². The van der Waals surface area contributed by atoms with Crippen LogP contribution in [0.15, 0.2) is 41.8 Å². The second-order valence-corrected chi connectivity index (χ2v) is 6.32. The molecule has 0 aliphatic heterocycles. The molecule has 0 heterocycles. The van der Waals surface area contributed by atoms with Crippen molar-refractivity contribution in [2.75, 3.05) is 0 Å². The van der Waals surface area contributed by atoms with Crippen LogP contribution in [0.5, 0.6) is 0 Å². The first-order chi connectivity index (χ1) is 8.95. The summed E-state index contributed by atoms with van der Waals surface area (Å²) in [5.74, 6) is 0. The first-order valence-electron chi connectivity index (χ1n) is 6.56. The van der Waals surface area contributed by atoms with E-state index in [1.54, 1.807) is 31.2 Å². The van der Waals surface area contributed by atoms with Crippen molar-refractivity contribution in [3.8, 4) is 0 Å². The monoisotopic (exact) mass is 282 g/mol. The van der Waals surface area contributed by atoms with Crippen molar-refractivity contribution >= 4 is 10.1 Å². The molecule has 0 aliphatic carbocycles. The van der Waals surface area contributed by atoms with E-state index in [9.17, 15) is 8.42 Å². The van der Waals surface area contributed by atoms with Crippen LogP contribution in [0.2, 0.25) is 0 Å². The van der Waals surface area contributed by atoms with Gasteiger partial charge in [-0.3, -0.25) is 4.18 Å². The van der Waals surface area contributed by atoms with Crippen molar-refractivity contribution in [1.29, 1.82) is 0 Å². The highest BCUT2D eigenvalue weighted by Gasteiger charge is 2.18. The molecule has 0 spiro atoms. The molecule has 19 heavy (non-hydrogen) atoms. The molecule has 106 valence electrons. The van der Waals surface area contributed by atoms with Gasteiger partial charge in [-0.1, -0.05) is 30.2 Å². The molecule has 3 nitrogen and oxygen atoms in total. The maximum absolute atomic E-state index is 12.0. The van der Waals surface area contributed by atoms with Crippen LogP contribution in [-0.2, 0) is 14.3 Å². The average molecular weight is 282 g/mol. The molecule has 0 radical (unpaired) electrons. The van der Waals surface area contributed by atoms with E-state index in [2.05, 4.69) is 6.58 Å². The number of rotatable bonds is 8. The molecule has 0 saturated heterocycles. The molecular weight excluding hydrogens is 260 g/mol. The van der Waals surface area contributed by atoms with Gasteiger partial charge in [-0.15, -0.1) is 6.58 Å². The van der Waals surface area contributed by atoms with Gasteiger partial charge in [-0.25, -0.2) is 0 Å². The van der Waals surface area contributed by atoms with Crippen molar-refractivity contribution in [3.05, 3.63) is 42.5 Å². The van der Waals surface area contributed by atoms with Crippen LogP contribution >= 0.6 is 0 Å². The number of hydrogen-bond acceptors (Lipinski definition) is 3. The summed E-state index contributed by atoms with van der Waals surface area (Å²) in [7, 11) is -3.64. The maximum atomic E-state index is 12.0. The summed E-state index contributed by atoms with van der Waals surface area (Å²) in [5.41, 5.74) is 1.02. The molecule has 0 bridgehead atoms. The van der Waals surface area contributed by atoms with Crippen LogP contribution in [0.1, 0.15) is 38.2 Å². The van der Waals surface area contributed by atoms with Gasteiger partial charge in [0.05, 0.1) is 11.0 Å². The topological polar surface area (TPSA) is 43.4 Å². The number of benzene rings is 1. The lowest BCUT2D eigenvalue weighted by Crippen LogP contribution is -2.15. The third-order valence-electron chi connectivity index (χ3n) is 2.87. The van der Waals surface area contributed by atoms with E-state index >= 15 is 0 Å². The molecule has 0 saturated carbocycles. The lowest BCUT2D eigenvalue weighted by atomic mass is 10.1. The summed E-state index contributed by atoms with van der Waals surface area (Å²) in [6.07, 6.45) is 5.22. The van der Waals surface area contributed by atoms with E-state index < -0.39 is 10.1 Å². The van der Waals surface area contributed by atoms with Gasteiger partial charge >= 0.3 is 0 Å². The molecule has 0 aromatic heterocycles. The summed E-state index contributed by atoms with van der Waals surface area (Å²) >= 11 is 0. The van der Waals surface area contributed by atoms with Crippen LogP contribution in [0.25, 0.3) is 0 Å². The second kappa shape index (κ2) is 7.46. The summed E-state index contributed by atoms with van der Waals surface area (Å²) in [6.45, 7) is 7.36. The second-order valence-electron chi connectivity index (χ2n) is 4.75. The molecule has 1 aromatic rings. The first kappa shape index (κ1) is 15.9. The molecule has 1 unspecified atom stereocenters. The van der Waals surface area contributed by atoms with Crippen LogP contribution in [0.3, 0.4) is 0 Å². The number of allylic oxidation sites excluding steroid dienone is 1. The number of aryl methyl sites for hydroxylation is 1. The van der Waals surface area contributed by atoms with E-state index in [0.29, 0.717) is 0 Å². The van der Waals surface area contributed by atoms with Crippen LogP contribution in [0, 0.1) is 6.92 Å². The van der Waals surface area contributed by atoms with Gasteiger partial charge in [0.1, 0.15) is 0 Å². The van der Waals surface area contributed by atoms with Gasteiger partial charge < -0.3 is 0 Å².